The van der Waals surface area contributed by atoms with Crippen LogP contribution in [0.1, 0.15) is 18.5 Å². The minimum Gasteiger partial charge on any atom is -0.388 e. The zero-order chi connectivity index (χ0) is 28.4. The second-order valence-corrected chi connectivity index (χ2v) is 10.1. The van der Waals surface area contributed by atoms with Gasteiger partial charge in [0, 0.05) is 12.3 Å². The third-order valence-electron chi connectivity index (χ3n) is 7.25. The minimum absolute atomic E-state index is 0.0421. The summed E-state index contributed by atoms with van der Waals surface area (Å²) in [6, 6.07) is 0.938. The highest BCUT2D eigenvalue weighted by Gasteiger charge is 2.47. The van der Waals surface area contributed by atoms with E-state index in [4.69, 9.17) is 14.2 Å². The van der Waals surface area contributed by atoms with Gasteiger partial charge in [0.15, 0.2) is 6.29 Å². The van der Waals surface area contributed by atoms with E-state index in [0.29, 0.717) is 5.69 Å². The first-order valence-electron chi connectivity index (χ1n) is 13.0. The molecule has 0 saturated carbocycles. The van der Waals surface area contributed by atoms with Crippen molar-refractivity contribution in [3.05, 3.63) is 45.0 Å². The number of aromatic amines is 1. The lowest BCUT2D eigenvalue weighted by molar-refractivity contribution is -0.187. The number of nitrogens with one attached hydrogen (secondary N) is 3. The second-order valence-electron chi connectivity index (χ2n) is 10.1. The Morgan fingerprint density at radius 1 is 1.07 bits per heavy atom. The van der Waals surface area contributed by atoms with Gasteiger partial charge in [-0.2, -0.15) is 0 Å². The first kappa shape index (κ1) is 28.5. The third-order valence-corrected chi connectivity index (χ3v) is 7.25. The fourth-order valence-corrected chi connectivity index (χ4v) is 4.99. The summed E-state index contributed by atoms with van der Waals surface area (Å²) in [6.45, 7) is 0.619. The fraction of sp³-hybridized carbons (Fsp3) is 0.696. The van der Waals surface area contributed by atoms with E-state index in [1.54, 1.807) is 6.20 Å². The van der Waals surface area contributed by atoms with Crippen molar-refractivity contribution in [2.75, 3.05) is 13.2 Å². The number of aliphatic hydroxyl groups is 4. The average molecular weight is 568 g/mol. The molecule has 220 valence electrons. The minimum atomic E-state index is -1.41. The highest BCUT2D eigenvalue weighted by Crippen LogP contribution is 2.27. The summed E-state index contributed by atoms with van der Waals surface area (Å²) in [6.07, 6.45) is -4.99. The van der Waals surface area contributed by atoms with Crippen molar-refractivity contribution in [3.8, 4) is 0 Å². The van der Waals surface area contributed by atoms with Gasteiger partial charge in [0.05, 0.1) is 38.5 Å². The van der Waals surface area contributed by atoms with E-state index in [-0.39, 0.29) is 38.2 Å². The Hall–Kier alpha value is -3.03. The summed E-state index contributed by atoms with van der Waals surface area (Å²) in [4.78, 5) is 37.4. The van der Waals surface area contributed by atoms with Crippen LogP contribution in [0.15, 0.2) is 28.0 Å². The van der Waals surface area contributed by atoms with Crippen LogP contribution in [0.5, 0.6) is 0 Å². The Bertz CT molecular complexity index is 1280. The molecular weight excluding hydrogens is 534 g/mol. The van der Waals surface area contributed by atoms with Crippen LogP contribution < -0.4 is 21.9 Å². The number of aromatic nitrogens is 5. The van der Waals surface area contributed by atoms with Crippen LogP contribution in [0.3, 0.4) is 0 Å². The van der Waals surface area contributed by atoms with Crippen molar-refractivity contribution in [1.29, 1.82) is 0 Å². The van der Waals surface area contributed by atoms with Crippen molar-refractivity contribution >= 4 is 5.91 Å². The van der Waals surface area contributed by atoms with Crippen molar-refractivity contribution in [2.24, 2.45) is 0 Å². The van der Waals surface area contributed by atoms with E-state index in [2.05, 4.69) is 25.9 Å². The van der Waals surface area contributed by atoms with Gasteiger partial charge in [-0.1, -0.05) is 5.21 Å². The van der Waals surface area contributed by atoms with E-state index < -0.39 is 60.3 Å². The maximum absolute atomic E-state index is 12.2. The first-order chi connectivity index (χ1) is 19.2. The van der Waals surface area contributed by atoms with Crippen molar-refractivity contribution < 1.29 is 39.4 Å². The number of ether oxygens (including phenoxy) is 3. The molecule has 0 bridgehead atoms. The number of H-pyrrole nitrogens is 1. The van der Waals surface area contributed by atoms with Crippen molar-refractivity contribution in [3.63, 3.8) is 0 Å². The molecule has 2 aromatic heterocycles. The van der Waals surface area contributed by atoms with E-state index in [0.717, 1.165) is 30.0 Å². The van der Waals surface area contributed by atoms with Crippen molar-refractivity contribution in [1.82, 2.24) is 35.2 Å². The number of amides is 1. The van der Waals surface area contributed by atoms with Gasteiger partial charge >= 0.3 is 5.69 Å². The lowest BCUT2D eigenvalue weighted by Gasteiger charge is -2.20. The van der Waals surface area contributed by atoms with E-state index in [9.17, 15) is 34.8 Å². The van der Waals surface area contributed by atoms with Gasteiger partial charge in [-0.05, 0) is 19.4 Å². The SMILES string of the molecule is O=C(NCc1cn(C[C@H]2O[C@@H](OC[C@H]3O[C@@H](Cn4ccc(=O)[nH]c4=O)[C@@H](O)[C@@H]3O)[C@H](O)[C@@H]2O)nn1)[C@@H]1CCCN1. The van der Waals surface area contributed by atoms with Crippen molar-refractivity contribution in [2.45, 2.75) is 87.5 Å². The van der Waals surface area contributed by atoms with Crippen LogP contribution in [0, 0.1) is 0 Å². The summed E-state index contributed by atoms with van der Waals surface area (Å²) >= 11 is 0. The maximum atomic E-state index is 12.2. The Balaban J connectivity index is 1.10. The molecule has 3 fully saturated rings. The van der Waals surface area contributed by atoms with E-state index in [1.165, 1.54) is 10.9 Å². The fourth-order valence-electron chi connectivity index (χ4n) is 4.99. The number of aliphatic hydroxyl groups excluding tert-OH is 4. The molecule has 2 aromatic rings. The van der Waals surface area contributed by atoms with Crippen LogP contribution >= 0.6 is 0 Å². The standard InChI is InChI=1S/C23H33N7O10/c31-16-3-5-29(23(37)26-16)8-13-17(32)19(34)15(39-13)10-38-22-20(35)18(33)14(40-22)9-30-7-11(27-28-30)6-25-21(36)12-2-1-4-24-12/h3,5,7,12-15,17-20,22,24,32-35H,1-2,4,6,8-10H2,(H,25,36)(H,26,31,37)/t12-,13-,14+,15+,17+,18+,19+,20+,22+/m0/s1. The monoisotopic (exact) mass is 567 g/mol. The Kier molecular flexibility index (Phi) is 8.71. The largest absolute Gasteiger partial charge is 0.388 e. The molecule has 7 N–H and O–H groups in total. The Morgan fingerprint density at radius 3 is 2.58 bits per heavy atom. The molecule has 3 saturated heterocycles. The predicted octanol–water partition coefficient (Wildman–Crippen LogP) is -4.85. The van der Waals surface area contributed by atoms with Crippen LogP contribution in [-0.2, 0) is 38.6 Å². The number of rotatable bonds is 10. The summed E-state index contributed by atoms with van der Waals surface area (Å²) < 4.78 is 19.5. The predicted molar refractivity (Wildman–Crippen MR) is 132 cm³/mol. The summed E-state index contributed by atoms with van der Waals surface area (Å²) in [7, 11) is 0. The molecule has 5 heterocycles. The number of hydrogen-bond donors (Lipinski definition) is 7. The normalized spacial score (nSPS) is 34.0. The summed E-state index contributed by atoms with van der Waals surface area (Å²) in [5.41, 5.74) is -0.747. The van der Waals surface area contributed by atoms with E-state index >= 15 is 0 Å². The molecule has 3 aliphatic rings. The average Bonchev–Trinajstić information content (AvgIpc) is 3.72. The molecule has 0 aliphatic carbocycles. The number of carbonyl (C=O) groups is 1. The molecule has 5 rings (SSSR count). The van der Waals surface area contributed by atoms with Gasteiger partial charge < -0.3 is 45.3 Å². The molecule has 40 heavy (non-hydrogen) atoms. The summed E-state index contributed by atoms with van der Waals surface area (Å²) in [5.74, 6) is -0.106. The number of hydrogen-bond acceptors (Lipinski definition) is 13. The second kappa shape index (κ2) is 12.2. The number of carbonyl (C=O) groups excluding carboxylic acids is 1. The highest BCUT2D eigenvalue weighted by molar-refractivity contribution is 5.81. The summed E-state index contributed by atoms with van der Waals surface area (Å²) in [5, 5.41) is 55.6. The highest BCUT2D eigenvalue weighted by atomic mass is 16.7. The molecule has 17 nitrogen and oxygen atoms in total. The van der Waals surface area contributed by atoms with Gasteiger partial charge in [0.2, 0.25) is 5.91 Å². The van der Waals surface area contributed by atoms with E-state index in [1.807, 2.05) is 0 Å². The Morgan fingerprint density at radius 2 is 1.82 bits per heavy atom. The van der Waals surface area contributed by atoms with Crippen LogP contribution in [0.25, 0.3) is 0 Å². The van der Waals surface area contributed by atoms with Gasteiger partial charge in [-0.25, -0.2) is 9.48 Å². The van der Waals surface area contributed by atoms with Gasteiger partial charge in [0.25, 0.3) is 5.56 Å². The first-order valence-corrected chi connectivity index (χ1v) is 13.0. The molecular formula is C23H33N7O10. The van der Waals surface area contributed by atoms with Gasteiger partial charge in [-0.3, -0.25) is 19.1 Å². The quantitative estimate of drug-likeness (QED) is 0.143. The number of nitrogens with zero attached hydrogens (tertiary/aromatic N) is 4. The van der Waals surface area contributed by atoms with Gasteiger partial charge in [-0.15, -0.1) is 5.10 Å². The molecule has 0 spiro atoms. The molecule has 1 amide bonds. The maximum Gasteiger partial charge on any atom is 0.328 e. The smallest absolute Gasteiger partial charge is 0.328 e. The van der Waals surface area contributed by atoms with Crippen LogP contribution in [0.2, 0.25) is 0 Å². The zero-order valence-electron chi connectivity index (χ0n) is 21.4. The molecule has 0 radical (unpaired) electrons. The zero-order valence-corrected chi connectivity index (χ0v) is 21.4. The topological polar surface area (TPSA) is 235 Å². The molecule has 9 atom stereocenters. The molecule has 0 unspecified atom stereocenters. The Labute approximate surface area is 226 Å². The van der Waals surface area contributed by atoms with Crippen LogP contribution in [0.4, 0.5) is 0 Å². The molecule has 17 heteroatoms. The third kappa shape index (κ3) is 6.31. The van der Waals surface area contributed by atoms with Crippen LogP contribution in [-0.4, -0.2) is 119 Å². The molecule has 0 aromatic carbocycles. The molecule has 3 aliphatic heterocycles. The lowest BCUT2D eigenvalue weighted by atomic mass is 10.1. The lowest BCUT2D eigenvalue weighted by Crippen LogP contribution is -2.40. The van der Waals surface area contributed by atoms with Gasteiger partial charge in [0.1, 0.15) is 48.4 Å².